The third-order valence-corrected chi connectivity index (χ3v) is 2.22. The first-order chi connectivity index (χ1) is 7.45. The molecule has 0 aromatic carbocycles. The molecule has 0 saturated heterocycles. The monoisotopic (exact) mass is 243 g/mol. The van der Waals surface area contributed by atoms with Gasteiger partial charge in [-0.25, -0.2) is 0 Å². The van der Waals surface area contributed by atoms with Crippen LogP contribution in [0.3, 0.4) is 0 Å². The molecule has 4 nitrogen and oxygen atoms in total. The number of rotatable bonds is 4. The number of ether oxygens (including phenoxy) is 2. The first-order valence-corrected chi connectivity index (χ1v) is 5.15. The van der Waals surface area contributed by atoms with Crippen molar-refractivity contribution < 1.29 is 14.3 Å². The molecule has 1 rings (SSSR count). The van der Waals surface area contributed by atoms with E-state index in [1.54, 1.807) is 26.1 Å². The van der Waals surface area contributed by atoms with Crippen LogP contribution in [0.5, 0.6) is 5.75 Å². The van der Waals surface area contributed by atoms with E-state index in [-0.39, 0.29) is 12.6 Å². The molecular formula is C11H14ClNO3. The van der Waals surface area contributed by atoms with Gasteiger partial charge >= 0.3 is 5.97 Å². The summed E-state index contributed by atoms with van der Waals surface area (Å²) < 4.78 is 10.1. The fourth-order valence-corrected chi connectivity index (χ4v) is 1.23. The van der Waals surface area contributed by atoms with Crippen LogP contribution in [0.4, 0.5) is 0 Å². The average Bonchev–Trinajstić information content (AvgIpc) is 2.25. The molecular weight excluding hydrogens is 230 g/mol. The van der Waals surface area contributed by atoms with E-state index in [0.29, 0.717) is 10.8 Å². The molecule has 0 radical (unpaired) electrons. The van der Waals surface area contributed by atoms with Crippen LogP contribution in [0.25, 0.3) is 0 Å². The summed E-state index contributed by atoms with van der Waals surface area (Å²) in [5.74, 6) is 0.215. The number of halogens is 1. The molecule has 0 bridgehead atoms. The second-order valence-corrected chi connectivity index (χ2v) is 4.44. The van der Waals surface area contributed by atoms with Crippen molar-refractivity contribution in [2.75, 3.05) is 13.7 Å². The number of pyridine rings is 1. The predicted octanol–water partition coefficient (Wildman–Crippen LogP) is 2.31. The second kappa shape index (κ2) is 5.16. The van der Waals surface area contributed by atoms with Crippen molar-refractivity contribution in [1.82, 2.24) is 4.98 Å². The van der Waals surface area contributed by atoms with E-state index < -0.39 is 5.41 Å². The van der Waals surface area contributed by atoms with E-state index in [4.69, 9.17) is 16.3 Å². The average molecular weight is 244 g/mol. The topological polar surface area (TPSA) is 48.4 Å². The molecule has 0 aliphatic carbocycles. The smallest absolute Gasteiger partial charge is 0.314 e. The Hall–Kier alpha value is -1.29. The van der Waals surface area contributed by atoms with Crippen LogP contribution in [0.2, 0.25) is 5.02 Å². The van der Waals surface area contributed by atoms with E-state index in [1.165, 1.54) is 13.3 Å². The number of aromatic nitrogens is 1. The summed E-state index contributed by atoms with van der Waals surface area (Å²) in [7, 11) is 1.35. The highest BCUT2D eigenvalue weighted by Gasteiger charge is 2.29. The third kappa shape index (κ3) is 3.38. The minimum atomic E-state index is -0.697. The van der Waals surface area contributed by atoms with Crippen LogP contribution in [0.1, 0.15) is 13.8 Å². The maximum absolute atomic E-state index is 11.4. The lowest BCUT2D eigenvalue weighted by molar-refractivity contribution is -0.152. The van der Waals surface area contributed by atoms with Gasteiger partial charge in [-0.05, 0) is 13.8 Å². The van der Waals surface area contributed by atoms with Crippen molar-refractivity contribution in [2.45, 2.75) is 13.8 Å². The van der Waals surface area contributed by atoms with Gasteiger partial charge in [0.05, 0.1) is 23.7 Å². The minimum Gasteiger partial charge on any atom is -0.491 e. The Bertz CT molecular complexity index is 379. The third-order valence-electron chi connectivity index (χ3n) is 2.02. The predicted molar refractivity (Wildman–Crippen MR) is 60.5 cm³/mol. The van der Waals surface area contributed by atoms with Crippen LogP contribution in [0, 0.1) is 5.41 Å². The van der Waals surface area contributed by atoms with Gasteiger partial charge in [0, 0.05) is 12.3 Å². The molecule has 0 fully saturated rings. The maximum atomic E-state index is 11.4. The first-order valence-electron chi connectivity index (χ1n) is 4.77. The van der Waals surface area contributed by atoms with Gasteiger partial charge in [0.2, 0.25) is 0 Å². The Labute approximate surface area is 99.5 Å². The molecule has 0 aliphatic heterocycles. The summed E-state index contributed by atoms with van der Waals surface area (Å²) in [5.41, 5.74) is -0.697. The quantitative estimate of drug-likeness (QED) is 0.762. The fourth-order valence-electron chi connectivity index (χ4n) is 1.07. The molecule has 0 N–H and O–H groups in total. The summed E-state index contributed by atoms with van der Waals surface area (Å²) in [6.45, 7) is 3.70. The molecule has 88 valence electrons. The lowest BCUT2D eigenvalue weighted by Crippen LogP contribution is -2.32. The highest BCUT2D eigenvalue weighted by atomic mass is 35.5. The summed E-state index contributed by atoms with van der Waals surface area (Å²) >= 11 is 5.75. The lowest BCUT2D eigenvalue weighted by atomic mass is 9.95. The number of esters is 1. The molecule has 0 aliphatic rings. The van der Waals surface area contributed by atoms with Gasteiger partial charge in [-0.3, -0.25) is 9.78 Å². The molecule has 0 saturated carbocycles. The fraction of sp³-hybridized carbons (Fsp3) is 0.455. The van der Waals surface area contributed by atoms with Gasteiger partial charge in [-0.2, -0.15) is 0 Å². The van der Waals surface area contributed by atoms with E-state index in [0.717, 1.165) is 0 Å². The van der Waals surface area contributed by atoms with Crippen molar-refractivity contribution >= 4 is 17.6 Å². The normalized spacial score (nSPS) is 11.0. The van der Waals surface area contributed by atoms with E-state index in [1.807, 2.05) is 0 Å². The molecule has 1 aromatic rings. The molecule has 5 heteroatoms. The van der Waals surface area contributed by atoms with E-state index >= 15 is 0 Å². The molecule has 0 atom stereocenters. The van der Waals surface area contributed by atoms with E-state index in [9.17, 15) is 4.79 Å². The zero-order valence-corrected chi connectivity index (χ0v) is 10.2. The summed E-state index contributed by atoms with van der Waals surface area (Å²) in [6, 6.07) is 1.64. The number of carbonyl (C=O) groups excluding carboxylic acids is 1. The Kier molecular flexibility index (Phi) is 4.12. The minimum absolute atomic E-state index is 0.210. The summed E-state index contributed by atoms with van der Waals surface area (Å²) in [4.78, 5) is 15.3. The molecule has 0 spiro atoms. The van der Waals surface area contributed by atoms with Crippen LogP contribution < -0.4 is 4.74 Å². The highest BCUT2D eigenvalue weighted by molar-refractivity contribution is 6.30. The van der Waals surface area contributed by atoms with Crippen molar-refractivity contribution in [1.29, 1.82) is 0 Å². The van der Waals surface area contributed by atoms with Crippen molar-refractivity contribution in [3.8, 4) is 5.75 Å². The maximum Gasteiger partial charge on any atom is 0.314 e. The van der Waals surface area contributed by atoms with Crippen LogP contribution in [-0.4, -0.2) is 24.7 Å². The molecule has 1 aromatic heterocycles. The Morgan fingerprint density at radius 3 is 2.75 bits per heavy atom. The van der Waals surface area contributed by atoms with Gasteiger partial charge in [0.15, 0.2) is 0 Å². The SMILES string of the molecule is COC(=O)C(C)(C)COc1cncc(Cl)c1. The van der Waals surface area contributed by atoms with Crippen LogP contribution in [0.15, 0.2) is 18.5 Å². The number of carbonyl (C=O) groups is 1. The zero-order chi connectivity index (χ0) is 12.2. The highest BCUT2D eigenvalue weighted by Crippen LogP contribution is 2.21. The number of methoxy groups -OCH3 is 1. The molecule has 1 heterocycles. The lowest BCUT2D eigenvalue weighted by Gasteiger charge is -2.21. The Morgan fingerprint density at radius 1 is 1.50 bits per heavy atom. The summed E-state index contributed by atoms with van der Waals surface area (Å²) in [6.07, 6.45) is 3.05. The van der Waals surface area contributed by atoms with Gasteiger partial charge in [-0.1, -0.05) is 11.6 Å². The van der Waals surface area contributed by atoms with Crippen molar-refractivity contribution in [3.05, 3.63) is 23.5 Å². The largest absolute Gasteiger partial charge is 0.491 e. The van der Waals surface area contributed by atoms with E-state index in [2.05, 4.69) is 9.72 Å². The zero-order valence-electron chi connectivity index (χ0n) is 9.49. The Balaban J connectivity index is 2.61. The van der Waals surface area contributed by atoms with Gasteiger partial charge in [0.1, 0.15) is 12.4 Å². The first kappa shape index (κ1) is 12.8. The van der Waals surface area contributed by atoms with Gasteiger partial charge in [0.25, 0.3) is 0 Å². The van der Waals surface area contributed by atoms with Crippen molar-refractivity contribution in [2.24, 2.45) is 5.41 Å². The van der Waals surface area contributed by atoms with Crippen LogP contribution in [-0.2, 0) is 9.53 Å². The standard InChI is InChI=1S/C11H14ClNO3/c1-11(2,10(14)15-3)7-16-9-4-8(12)5-13-6-9/h4-6H,7H2,1-3H3. The van der Waals surface area contributed by atoms with Gasteiger partial charge in [-0.15, -0.1) is 0 Å². The van der Waals surface area contributed by atoms with Gasteiger partial charge < -0.3 is 9.47 Å². The molecule has 0 amide bonds. The number of hydrogen-bond donors (Lipinski definition) is 0. The number of hydrogen-bond acceptors (Lipinski definition) is 4. The summed E-state index contributed by atoms with van der Waals surface area (Å²) in [5, 5.41) is 0.494. The number of nitrogens with zero attached hydrogens (tertiary/aromatic N) is 1. The molecule has 16 heavy (non-hydrogen) atoms. The van der Waals surface area contributed by atoms with Crippen LogP contribution >= 0.6 is 11.6 Å². The second-order valence-electron chi connectivity index (χ2n) is 4.00. The van der Waals surface area contributed by atoms with Crippen molar-refractivity contribution in [3.63, 3.8) is 0 Å². The molecule has 0 unspecified atom stereocenters. The Morgan fingerprint density at radius 2 is 2.19 bits per heavy atom.